The zero-order valence-electron chi connectivity index (χ0n) is 9.83. The molecule has 0 spiro atoms. The molecule has 1 aliphatic heterocycles. The Bertz CT molecular complexity index is 564. The SMILES string of the molecule is CN(C1CNC1)S(=O)(=O)c1cccc(C#N)c1.Cl. The molecule has 0 bridgehead atoms. The molecular weight excluding hydrogens is 274 g/mol. The van der Waals surface area contributed by atoms with Gasteiger partial charge in [0.25, 0.3) is 0 Å². The molecule has 7 heteroatoms. The van der Waals surface area contributed by atoms with Crippen LogP contribution in [0.15, 0.2) is 29.2 Å². The highest BCUT2D eigenvalue weighted by atomic mass is 35.5. The molecule has 0 aromatic heterocycles. The van der Waals surface area contributed by atoms with Gasteiger partial charge in [0.1, 0.15) is 0 Å². The zero-order chi connectivity index (χ0) is 12.5. The number of rotatable bonds is 3. The zero-order valence-corrected chi connectivity index (χ0v) is 11.5. The molecule has 0 unspecified atom stereocenters. The van der Waals surface area contributed by atoms with Crippen LogP contribution in [0, 0.1) is 11.3 Å². The highest BCUT2D eigenvalue weighted by Gasteiger charge is 2.31. The number of halogens is 1. The lowest BCUT2D eigenvalue weighted by atomic mass is 10.2. The van der Waals surface area contributed by atoms with Crippen LogP contribution in [0.4, 0.5) is 0 Å². The molecule has 2 rings (SSSR count). The first kappa shape index (κ1) is 14.9. The quantitative estimate of drug-likeness (QED) is 0.882. The monoisotopic (exact) mass is 287 g/mol. The van der Waals surface area contributed by atoms with E-state index in [4.69, 9.17) is 5.26 Å². The Balaban J connectivity index is 0.00000162. The molecule has 18 heavy (non-hydrogen) atoms. The highest BCUT2D eigenvalue weighted by molar-refractivity contribution is 7.89. The van der Waals surface area contributed by atoms with Crippen LogP contribution < -0.4 is 5.32 Å². The minimum Gasteiger partial charge on any atom is -0.313 e. The van der Waals surface area contributed by atoms with Crippen molar-refractivity contribution >= 4 is 22.4 Å². The Labute approximate surface area is 113 Å². The molecule has 98 valence electrons. The van der Waals surface area contributed by atoms with Crippen LogP contribution in [0.2, 0.25) is 0 Å². The maximum absolute atomic E-state index is 12.2. The van der Waals surface area contributed by atoms with Gasteiger partial charge in [-0.2, -0.15) is 9.57 Å². The average molecular weight is 288 g/mol. The molecule has 0 atom stereocenters. The molecule has 1 aromatic rings. The minimum atomic E-state index is -3.49. The summed E-state index contributed by atoms with van der Waals surface area (Å²) >= 11 is 0. The number of benzene rings is 1. The topological polar surface area (TPSA) is 73.2 Å². The lowest BCUT2D eigenvalue weighted by molar-refractivity contribution is 0.274. The number of nitrogens with one attached hydrogen (secondary N) is 1. The first-order chi connectivity index (χ1) is 8.05. The third kappa shape index (κ3) is 2.65. The third-order valence-electron chi connectivity index (χ3n) is 2.91. The standard InChI is InChI=1S/C11H13N3O2S.ClH/c1-14(10-7-13-8-10)17(15,16)11-4-2-3-9(5-11)6-12;/h2-5,10,13H,7-8H2,1H3;1H. The van der Waals surface area contributed by atoms with Gasteiger partial charge >= 0.3 is 0 Å². The largest absolute Gasteiger partial charge is 0.313 e. The van der Waals surface area contributed by atoms with Gasteiger partial charge in [-0.15, -0.1) is 12.4 Å². The maximum atomic E-state index is 12.2. The average Bonchev–Trinajstić information content (AvgIpc) is 2.26. The Hall–Kier alpha value is -1.13. The van der Waals surface area contributed by atoms with E-state index in [9.17, 15) is 8.42 Å². The smallest absolute Gasteiger partial charge is 0.243 e. The van der Waals surface area contributed by atoms with Gasteiger partial charge in [0, 0.05) is 26.2 Å². The van der Waals surface area contributed by atoms with Gasteiger partial charge in [-0.1, -0.05) is 6.07 Å². The second-order valence-electron chi connectivity index (χ2n) is 3.97. The van der Waals surface area contributed by atoms with E-state index in [1.54, 1.807) is 19.2 Å². The van der Waals surface area contributed by atoms with Crippen molar-refractivity contribution < 1.29 is 8.42 Å². The third-order valence-corrected chi connectivity index (χ3v) is 4.82. The second kappa shape index (κ2) is 5.67. The van der Waals surface area contributed by atoms with Crippen molar-refractivity contribution in [2.75, 3.05) is 20.1 Å². The molecule has 0 amide bonds. The molecule has 0 saturated carbocycles. The molecule has 0 aliphatic carbocycles. The summed E-state index contributed by atoms with van der Waals surface area (Å²) in [6, 6.07) is 8.03. The first-order valence-electron chi connectivity index (χ1n) is 5.24. The fourth-order valence-corrected chi connectivity index (χ4v) is 3.02. The lowest BCUT2D eigenvalue weighted by Crippen LogP contribution is -2.57. The van der Waals surface area contributed by atoms with Gasteiger partial charge < -0.3 is 5.32 Å². The van der Waals surface area contributed by atoms with Gasteiger partial charge in [0.15, 0.2) is 0 Å². The van der Waals surface area contributed by atoms with Crippen molar-refractivity contribution in [2.45, 2.75) is 10.9 Å². The van der Waals surface area contributed by atoms with Crippen LogP contribution >= 0.6 is 12.4 Å². The molecule has 1 N–H and O–H groups in total. The van der Waals surface area contributed by atoms with E-state index in [0.717, 1.165) is 0 Å². The van der Waals surface area contributed by atoms with Crippen LogP contribution in [0.1, 0.15) is 5.56 Å². The van der Waals surface area contributed by atoms with Crippen molar-refractivity contribution in [2.24, 2.45) is 0 Å². The number of sulfonamides is 1. The summed E-state index contributed by atoms with van der Waals surface area (Å²) in [5.41, 5.74) is 0.353. The molecular formula is C11H14ClN3O2S. The molecule has 0 radical (unpaired) electrons. The summed E-state index contributed by atoms with van der Waals surface area (Å²) in [6.07, 6.45) is 0. The van der Waals surface area contributed by atoms with Crippen molar-refractivity contribution in [1.29, 1.82) is 5.26 Å². The van der Waals surface area contributed by atoms with Crippen molar-refractivity contribution in [3.05, 3.63) is 29.8 Å². The van der Waals surface area contributed by atoms with E-state index in [1.165, 1.54) is 16.4 Å². The first-order valence-corrected chi connectivity index (χ1v) is 6.68. The van der Waals surface area contributed by atoms with Gasteiger partial charge in [0.05, 0.1) is 16.5 Å². The summed E-state index contributed by atoms with van der Waals surface area (Å²) in [5, 5.41) is 11.8. The Morgan fingerprint density at radius 1 is 1.44 bits per heavy atom. The van der Waals surface area contributed by atoms with Crippen LogP contribution in [-0.2, 0) is 10.0 Å². The van der Waals surface area contributed by atoms with E-state index in [2.05, 4.69) is 5.32 Å². The summed E-state index contributed by atoms with van der Waals surface area (Å²) in [5.74, 6) is 0. The van der Waals surface area contributed by atoms with E-state index in [-0.39, 0.29) is 23.3 Å². The van der Waals surface area contributed by atoms with E-state index < -0.39 is 10.0 Å². The van der Waals surface area contributed by atoms with E-state index in [1.807, 2.05) is 6.07 Å². The number of likely N-dealkylation sites (N-methyl/N-ethyl adjacent to an activating group) is 1. The van der Waals surface area contributed by atoms with Crippen LogP contribution in [-0.4, -0.2) is 38.9 Å². The fourth-order valence-electron chi connectivity index (χ4n) is 1.62. The van der Waals surface area contributed by atoms with Crippen molar-refractivity contribution in [3.63, 3.8) is 0 Å². The molecule has 1 heterocycles. The summed E-state index contributed by atoms with van der Waals surface area (Å²) in [6.45, 7) is 1.35. The van der Waals surface area contributed by atoms with Gasteiger partial charge in [-0.05, 0) is 18.2 Å². The van der Waals surface area contributed by atoms with Gasteiger partial charge in [-0.25, -0.2) is 8.42 Å². The highest BCUT2D eigenvalue weighted by Crippen LogP contribution is 2.18. The number of hydrogen-bond acceptors (Lipinski definition) is 4. The Morgan fingerprint density at radius 2 is 2.11 bits per heavy atom. The molecule has 1 aromatic carbocycles. The lowest BCUT2D eigenvalue weighted by Gasteiger charge is -2.34. The predicted octanol–water partition coefficient (Wildman–Crippen LogP) is 0.572. The predicted molar refractivity (Wildman–Crippen MR) is 70.0 cm³/mol. The number of hydrogen-bond donors (Lipinski definition) is 1. The van der Waals surface area contributed by atoms with E-state index in [0.29, 0.717) is 18.7 Å². The fraction of sp³-hybridized carbons (Fsp3) is 0.364. The van der Waals surface area contributed by atoms with Crippen LogP contribution in [0.5, 0.6) is 0 Å². The second-order valence-corrected chi connectivity index (χ2v) is 5.97. The van der Waals surface area contributed by atoms with Crippen LogP contribution in [0.3, 0.4) is 0 Å². The Kier molecular flexibility index (Phi) is 4.71. The number of nitriles is 1. The summed E-state index contributed by atoms with van der Waals surface area (Å²) in [7, 11) is -1.92. The van der Waals surface area contributed by atoms with Crippen molar-refractivity contribution in [1.82, 2.24) is 9.62 Å². The minimum absolute atomic E-state index is 0. The number of nitrogens with zero attached hydrogens (tertiary/aromatic N) is 2. The molecule has 5 nitrogen and oxygen atoms in total. The van der Waals surface area contributed by atoms with Gasteiger partial charge in [-0.3, -0.25) is 0 Å². The van der Waals surface area contributed by atoms with Gasteiger partial charge in [0.2, 0.25) is 10.0 Å². The normalized spacial score (nSPS) is 15.6. The summed E-state index contributed by atoms with van der Waals surface area (Å²) in [4.78, 5) is 0.172. The van der Waals surface area contributed by atoms with E-state index >= 15 is 0 Å². The van der Waals surface area contributed by atoms with Crippen LogP contribution in [0.25, 0.3) is 0 Å². The summed E-state index contributed by atoms with van der Waals surface area (Å²) < 4.78 is 25.8. The van der Waals surface area contributed by atoms with Crippen molar-refractivity contribution in [3.8, 4) is 6.07 Å². The molecule has 1 fully saturated rings. The molecule has 1 saturated heterocycles. The molecule has 1 aliphatic rings. The Morgan fingerprint density at radius 3 is 2.61 bits per heavy atom. The maximum Gasteiger partial charge on any atom is 0.243 e.